The third-order valence-corrected chi connectivity index (χ3v) is 7.32. The van der Waals surface area contributed by atoms with E-state index in [-0.39, 0.29) is 28.9 Å². The van der Waals surface area contributed by atoms with E-state index >= 15 is 0 Å². The number of piperidine rings is 1. The van der Waals surface area contributed by atoms with Gasteiger partial charge in [-0.2, -0.15) is 0 Å². The highest BCUT2D eigenvalue weighted by atomic mass is 35.5. The Morgan fingerprint density at radius 1 is 1.27 bits per heavy atom. The predicted molar refractivity (Wildman–Crippen MR) is 112 cm³/mol. The maximum Gasteiger partial charge on any atom is 0.275 e. The van der Waals surface area contributed by atoms with E-state index < -0.39 is 0 Å². The summed E-state index contributed by atoms with van der Waals surface area (Å²) in [7, 11) is 0. The van der Waals surface area contributed by atoms with Crippen LogP contribution in [-0.2, 0) is 4.74 Å². The van der Waals surface area contributed by atoms with E-state index in [1.807, 2.05) is 23.1 Å². The van der Waals surface area contributed by atoms with E-state index in [1.165, 1.54) is 6.26 Å². The summed E-state index contributed by atoms with van der Waals surface area (Å²) in [4.78, 5) is 18.8. The van der Waals surface area contributed by atoms with Crippen LogP contribution in [0.1, 0.15) is 61.2 Å². The number of carbonyl (C=O) groups excluding carboxylic acids is 1. The first-order valence-corrected chi connectivity index (χ1v) is 11.0. The Hall–Kier alpha value is -2.05. The van der Waals surface area contributed by atoms with Crippen LogP contribution in [0.15, 0.2) is 28.9 Å². The number of ether oxygens (including phenoxy) is 2. The number of oxazole rings is 1. The summed E-state index contributed by atoms with van der Waals surface area (Å²) >= 11 is 6.26. The van der Waals surface area contributed by atoms with Crippen LogP contribution >= 0.6 is 11.6 Å². The van der Waals surface area contributed by atoms with Crippen LogP contribution in [0.4, 0.5) is 0 Å². The Balaban J connectivity index is 1.32. The largest absolute Gasteiger partial charge is 0.487 e. The monoisotopic (exact) mass is 430 g/mol. The van der Waals surface area contributed by atoms with Crippen LogP contribution in [0.2, 0.25) is 5.02 Å². The first-order valence-electron chi connectivity index (χ1n) is 10.6. The molecule has 1 aromatic carbocycles. The number of benzene rings is 1. The molecular formula is C23H27ClN2O4. The van der Waals surface area contributed by atoms with Crippen molar-refractivity contribution in [2.45, 2.75) is 51.7 Å². The van der Waals surface area contributed by atoms with E-state index in [0.717, 1.165) is 30.6 Å². The van der Waals surface area contributed by atoms with E-state index in [0.29, 0.717) is 36.3 Å². The third-order valence-electron chi connectivity index (χ3n) is 7.08. The average Bonchev–Trinajstić information content (AvgIpc) is 3.15. The van der Waals surface area contributed by atoms with Crippen molar-refractivity contribution in [2.75, 3.05) is 19.7 Å². The lowest BCUT2D eigenvalue weighted by Gasteiger charge is -2.54. The second-order valence-electron chi connectivity index (χ2n) is 9.47. The Morgan fingerprint density at radius 2 is 2.03 bits per heavy atom. The molecule has 1 spiro atoms. The van der Waals surface area contributed by atoms with Gasteiger partial charge in [0.1, 0.15) is 17.6 Å². The molecule has 0 bridgehead atoms. The number of halogens is 1. The lowest BCUT2D eigenvalue weighted by molar-refractivity contribution is -0.173. The Bertz CT molecular complexity index is 977. The maximum atomic E-state index is 12.7. The van der Waals surface area contributed by atoms with Gasteiger partial charge in [0.15, 0.2) is 11.6 Å². The van der Waals surface area contributed by atoms with Crippen molar-refractivity contribution >= 4 is 17.5 Å². The summed E-state index contributed by atoms with van der Waals surface area (Å²) in [5.74, 6) is 1.56. The average molecular weight is 431 g/mol. The second-order valence-corrected chi connectivity index (χ2v) is 9.91. The number of hydrogen-bond donors (Lipinski definition) is 0. The fourth-order valence-corrected chi connectivity index (χ4v) is 5.46. The summed E-state index contributed by atoms with van der Waals surface area (Å²) in [5.41, 5.74) is 1.17. The molecule has 1 aromatic heterocycles. The zero-order valence-electron chi connectivity index (χ0n) is 17.6. The summed E-state index contributed by atoms with van der Waals surface area (Å²) in [6.45, 7) is 8.15. The third kappa shape index (κ3) is 3.30. The van der Waals surface area contributed by atoms with Gasteiger partial charge < -0.3 is 18.8 Å². The second kappa shape index (κ2) is 6.99. The van der Waals surface area contributed by atoms with Crippen molar-refractivity contribution in [3.8, 4) is 5.75 Å². The van der Waals surface area contributed by atoms with Gasteiger partial charge >= 0.3 is 0 Å². The summed E-state index contributed by atoms with van der Waals surface area (Å²) in [5, 5.41) is 0.703. The molecule has 0 N–H and O–H groups in total. The topological polar surface area (TPSA) is 64.8 Å². The normalized spacial score (nSPS) is 26.6. The molecule has 0 unspecified atom stereocenters. The minimum Gasteiger partial charge on any atom is -0.487 e. The highest BCUT2D eigenvalue weighted by Gasteiger charge is 2.53. The molecule has 0 radical (unpaired) electrons. The number of aryl methyl sites for hydroxylation is 1. The number of aromatic nitrogens is 1. The SMILES string of the molecule is Cc1nc(C(=O)N2CCC3(CC2)CO[C@@H]2c4cc(Cl)ccc4OC(C)(C)[C@H]2C3)co1. The predicted octanol–water partition coefficient (Wildman–Crippen LogP) is 4.81. The summed E-state index contributed by atoms with van der Waals surface area (Å²) < 4.78 is 18.1. The fraction of sp³-hybridized carbons (Fsp3) is 0.565. The lowest BCUT2D eigenvalue weighted by atomic mass is 9.64. The zero-order chi connectivity index (χ0) is 21.1. The highest BCUT2D eigenvalue weighted by Crippen LogP contribution is 2.55. The Kier molecular flexibility index (Phi) is 4.63. The molecule has 4 heterocycles. The van der Waals surface area contributed by atoms with E-state index in [4.69, 9.17) is 25.5 Å². The number of likely N-dealkylation sites (tertiary alicyclic amines) is 1. The van der Waals surface area contributed by atoms with E-state index in [2.05, 4.69) is 18.8 Å². The number of nitrogens with zero attached hydrogens (tertiary/aromatic N) is 2. The molecular weight excluding hydrogens is 404 g/mol. The molecule has 1 amide bonds. The van der Waals surface area contributed by atoms with Gasteiger partial charge in [-0.15, -0.1) is 0 Å². The van der Waals surface area contributed by atoms with Gasteiger partial charge in [0.2, 0.25) is 0 Å². The summed E-state index contributed by atoms with van der Waals surface area (Å²) in [6.07, 6.45) is 4.28. The Labute approximate surface area is 181 Å². The quantitative estimate of drug-likeness (QED) is 0.649. The van der Waals surface area contributed by atoms with Crippen LogP contribution in [-0.4, -0.2) is 41.1 Å². The molecule has 3 aliphatic rings. The van der Waals surface area contributed by atoms with Gasteiger partial charge in [0.25, 0.3) is 5.91 Å². The van der Waals surface area contributed by atoms with E-state index in [1.54, 1.807) is 6.92 Å². The molecule has 2 saturated heterocycles. The van der Waals surface area contributed by atoms with Crippen molar-refractivity contribution in [3.05, 3.63) is 46.6 Å². The minimum absolute atomic E-state index is 0.00848. The zero-order valence-corrected chi connectivity index (χ0v) is 18.4. The first kappa shape index (κ1) is 19.9. The number of amides is 1. The number of fused-ring (bicyclic) bond motifs is 3. The van der Waals surface area contributed by atoms with Crippen molar-refractivity contribution in [1.29, 1.82) is 0 Å². The standard InChI is InChI=1S/C23H27ClN2O4/c1-14-25-18(12-28-14)21(27)26-8-6-23(7-9-26)11-17-20(29-13-23)16-10-15(24)4-5-19(16)30-22(17,2)3/h4-5,10,12,17,20H,6-9,11,13H2,1-3H3/t17-,20+/m0/s1. The highest BCUT2D eigenvalue weighted by molar-refractivity contribution is 6.30. The molecule has 5 rings (SSSR count). The number of hydrogen-bond acceptors (Lipinski definition) is 5. The molecule has 2 atom stereocenters. The number of carbonyl (C=O) groups is 1. The van der Waals surface area contributed by atoms with Gasteiger partial charge in [-0.05, 0) is 56.7 Å². The molecule has 2 aromatic rings. The molecule has 0 aliphatic carbocycles. The van der Waals surface area contributed by atoms with Gasteiger partial charge in [0, 0.05) is 36.5 Å². The van der Waals surface area contributed by atoms with Crippen molar-refractivity contribution in [2.24, 2.45) is 11.3 Å². The fourth-order valence-electron chi connectivity index (χ4n) is 5.28. The molecule has 0 saturated carbocycles. The molecule has 160 valence electrons. The number of rotatable bonds is 1. The molecule has 30 heavy (non-hydrogen) atoms. The molecule has 7 heteroatoms. The summed E-state index contributed by atoms with van der Waals surface area (Å²) in [6, 6.07) is 5.78. The minimum atomic E-state index is -0.329. The van der Waals surface area contributed by atoms with Gasteiger partial charge in [-0.3, -0.25) is 4.79 Å². The van der Waals surface area contributed by atoms with Crippen molar-refractivity contribution < 1.29 is 18.7 Å². The van der Waals surface area contributed by atoms with Crippen LogP contribution in [0.3, 0.4) is 0 Å². The molecule has 3 aliphatic heterocycles. The van der Waals surface area contributed by atoms with Gasteiger partial charge in [0.05, 0.1) is 12.7 Å². The lowest BCUT2D eigenvalue weighted by Crippen LogP contribution is -2.54. The van der Waals surface area contributed by atoms with Crippen LogP contribution in [0.25, 0.3) is 0 Å². The Morgan fingerprint density at radius 3 is 2.73 bits per heavy atom. The molecule has 6 nitrogen and oxygen atoms in total. The van der Waals surface area contributed by atoms with Gasteiger partial charge in [-0.25, -0.2) is 4.98 Å². The van der Waals surface area contributed by atoms with Crippen LogP contribution < -0.4 is 4.74 Å². The first-order chi connectivity index (χ1) is 14.3. The van der Waals surface area contributed by atoms with Crippen molar-refractivity contribution in [3.63, 3.8) is 0 Å². The molecule has 2 fully saturated rings. The van der Waals surface area contributed by atoms with Gasteiger partial charge in [-0.1, -0.05) is 11.6 Å². The smallest absolute Gasteiger partial charge is 0.275 e. The van der Waals surface area contributed by atoms with Crippen LogP contribution in [0.5, 0.6) is 5.75 Å². The van der Waals surface area contributed by atoms with Crippen LogP contribution in [0, 0.1) is 18.3 Å². The maximum absolute atomic E-state index is 12.7. The van der Waals surface area contributed by atoms with E-state index in [9.17, 15) is 4.79 Å². The van der Waals surface area contributed by atoms with Crippen molar-refractivity contribution in [1.82, 2.24) is 9.88 Å².